The summed E-state index contributed by atoms with van der Waals surface area (Å²) in [5, 5.41) is 2.35. The fourth-order valence-electron chi connectivity index (χ4n) is 1.55. The van der Waals surface area contributed by atoms with Crippen LogP contribution in [0.3, 0.4) is 0 Å². The highest BCUT2D eigenvalue weighted by Gasteiger charge is 2.13. The SMILES string of the molecule is Cc1ccc(C(=O)Nc2cc(F)c(Br)cc2F)cc1Br. The van der Waals surface area contributed by atoms with Gasteiger partial charge in [-0.05, 0) is 46.6 Å². The van der Waals surface area contributed by atoms with E-state index in [4.69, 9.17) is 0 Å². The number of carbonyl (C=O) groups excluding carboxylic acids is 1. The van der Waals surface area contributed by atoms with E-state index < -0.39 is 17.5 Å². The minimum atomic E-state index is -0.710. The maximum absolute atomic E-state index is 13.6. The number of halogens is 4. The normalized spacial score (nSPS) is 10.4. The van der Waals surface area contributed by atoms with Gasteiger partial charge in [0.15, 0.2) is 0 Å². The molecule has 2 nitrogen and oxygen atoms in total. The number of anilines is 1. The average molecular weight is 405 g/mol. The van der Waals surface area contributed by atoms with E-state index in [9.17, 15) is 13.6 Å². The zero-order valence-electron chi connectivity index (χ0n) is 10.3. The third-order valence-electron chi connectivity index (χ3n) is 2.69. The second kappa shape index (κ2) is 6.01. The van der Waals surface area contributed by atoms with Gasteiger partial charge in [0.25, 0.3) is 5.91 Å². The van der Waals surface area contributed by atoms with Crippen LogP contribution in [0.4, 0.5) is 14.5 Å². The number of benzene rings is 2. The van der Waals surface area contributed by atoms with E-state index >= 15 is 0 Å². The molecule has 0 saturated carbocycles. The predicted molar refractivity (Wildman–Crippen MR) is 80.9 cm³/mol. The zero-order chi connectivity index (χ0) is 14.9. The molecule has 2 rings (SSSR count). The molecule has 0 radical (unpaired) electrons. The van der Waals surface area contributed by atoms with Crippen LogP contribution >= 0.6 is 31.9 Å². The summed E-state index contributed by atoms with van der Waals surface area (Å²) in [6, 6.07) is 6.90. The van der Waals surface area contributed by atoms with E-state index in [1.54, 1.807) is 18.2 Å². The molecule has 0 aromatic heterocycles. The van der Waals surface area contributed by atoms with Crippen LogP contribution in [-0.4, -0.2) is 5.91 Å². The Morgan fingerprint density at radius 1 is 1.05 bits per heavy atom. The van der Waals surface area contributed by atoms with E-state index in [0.29, 0.717) is 5.56 Å². The third kappa shape index (κ3) is 3.24. The van der Waals surface area contributed by atoms with Gasteiger partial charge in [0.05, 0.1) is 10.2 Å². The van der Waals surface area contributed by atoms with Crippen LogP contribution in [0.1, 0.15) is 15.9 Å². The monoisotopic (exact) mass is 403 g/mol. The van der Waals surface area contributed by atoms with Crippen molar-refractivity contribution in [3.63, 3.8) is 0 Å². The van der Waals surface area contributed by atoms with Crippen molar-refractivity contribution in [2.75, 3.05) is 5.32 Å². The van der Waals surface area contributed by atoms with Gasteiger partial charge >= 0.3 is 0 Å². The standard InChI is InChI=1S/C14H9Br2F2NO/c1-7-2-3-8(4-9(7)15)14(20)19-13-6-11(17)10(16)5-12(13)18/h2-6H,1H3,(H,19,20). The molecule has 1 N–H and O–H groups in total. The van der Waals surface area contributed by atoms with E-state index in [-0.39, 0.29) is 10.2 Å². The van der Waals surface area contributed by atoms with Crippen LogP contribution in [0.5, 0.6) is 0 Å². The Kier molecular flexibility index (Phi) is 4.55. The van der Waals surface area contributed by atoms with Gasteiger partial charge in [-0.25, -0.2) is 8.78 Å². The van der Waals surface area contributed by atoms with Crippen LogP contribution in [0.2, 0.25) is 0 Å². The number of nitrogens with one attached hydrogen (secondary N) is 1. The van der Waals surface area contributed by atoms with E-state index in [1.807, 2.05) is 6.92 Å². The molecule has 1 amide bonds. The van der Waals surface area contributed by atoms with Crippen LogP contribution in [0, 0.1) is 18.6 Å². The topological polar surface area (TPSA) is 29.1 Å². The number of hydrogen-bond donors (Lipinski definition) is 1. The lowest BCUT2D eigenvalue weighted by atomic mass is 10.1. The Hall–Kier alpha value is -1.27. The molecule has 104 valence electrons. The van der Waals surface area contributed by atoms with E-state index in [2.05, 4.69) is 37.2 Å². The molecule has 0 atom stereocenters. The Bertz CT molecular complexity index is 689. The van der Waals surface area contributed by atoms with Gasteiger partial charge in [0.2, 0.25) is 0 Å². The molecule has 0 aliphatic rings. The van der Waals surface area contributed by atoms with Crippen molar-refractivity contribution in [1.29, 1.82) is 0 Å². The fraction of sp³-hybridized carbons (Fsp3) is 0.0714. The highest BCUT2D eigenvalue weighted by atomic mass is 79.9. The number of rotatable bonds is 2. The van der Waals surface area contributed by atoms with Crippen LogP contribution < -0.4 is 5.32 Å². The smallest absolute Gasteiger partial charge is 0.255 e. The molecule has 6 heteroatoms. The summed E-state index contributed by atoms with van der Waals surface area (Å²) in [7, 11) is 0. The number of carbonyl (C=O) groups is 1. The number of aryl methyl sites for hydroxylation is 1. The molecular formula is C14H9Br2F2NO. The van der Waals surface area contributed by atoms with Gasteiger partial charge in [-0.1, -0.05) is 22.0 Å². The second-order valence-corrected chi connectivity index (χ2v) is 5.87. The molecule has 2 aromatic carbocycles. The maximum atomic E-state index is 13.6. The first kappa shape index (κ1) is 15.1. The lowest BCUT2D eigenvalue weighted by molar-refractivity contribution is 0.102. The minimum Gasteiger partial charge on any atom is -0.319 e. The van der Waals surface area contributed by atoms with E-state index in [1.165, 1.54) is 0 Å². The third-order valence-corrected chi connectivity index (χ3v) is 4.15. The summed E-state index contributed by atoms with van der Waals surface area (Å²) in [5.74, 6) is -1.86. The van der Waals surface area contributed by atoms with Crippen molar-refractivity contribution in [3.05, 3.63) is 62.0 Å². The highest BCUT2D eigenvalue weighted by molar-refractivity contribution is 9.10. The largest absolute Gasteiger partial charge is 0.319 e. The molecule has 2 aromatic rings. The summed E-state index contributed by atoms with van der Waals surface area (Å²) < 4.78 is 27.8. The van der Waals surface area contributed by atoms with Gasteiger partial charge in [-0.3, -0.25) is 4.79 Å². The first-order chi connectivity index (χ1) is 9.38. The Morgan fingerprint density at radius 3 is 2.40 bits per heavy atom. The molecular weight excluding hydrogens is 396 g/mol. The molecule has 0 unspecified atom stereocenters. The molecule has 0 spiro atoms. The lowest BCUT2D eigenvalue weighted by Gasteiger charge is -2.08. The summed E-state index contributed by atoms with van der Waals surface area (Å²) in [6.45, 7) is 1.88. The molecule has 0 fully saturated rings. The lowest BCUT2D eigenvalue weighted by Crippen LogP contribution is -2.13. The molecule has 0 heterocycles. The average Bonchev–Trinajstić information content (AvgIpc) is 2.39. The molecule has 0 aliphatic carbocycles. The van der Waals surface area contributed by atoms with Crippen molar-refractivity contribution in [2.24, 2.45) is 0 Å². The maximum Gasteiger partial charge on any atom is 0.255 e. The van der Waals surface area contributed by atoms with Crippen molar-refractivity contribution < 1.29 is 13.6 Å². The summed E-state index contributed by atoms with van der Waals surface area (Å²) in [4.78, 5) is 12.0. The molecule has 0 bridgehead atoms. The first-order valence-electron chi connectivity index (χ1n) is 5.60. The second-order valence-electron chi connectivity index (χ2n) is 4.16. The van der Waals surface area contributed by atoms with E-state index in [0.717, 1.165) is 22.2 Å². The van der Waals surface area contributed by atoms with Crippen molar-refractivity contribution in [1.82, 2.24) is 0 Å². The highest BCUT2D eigenvalue weighted by Crippen LogP contribution is 2.24. The predicted octanol–water partition coefficient (Wildman–Crippen LogP) is 5.05. The molecule has 0 aliphatic heterocycles. The first-order valence-corrected chi connectivity index (χ1v) is 7.19. The van der Waals surface area contributed by atoms with Gasteiger partial charge < -0.3 is 5.32 Å². The van der Waals surface area contributed by atoms with Gasteiger partial charge in [0.1, 0.15) is 11.6 Å². The van der Waals surface area contributed by atoms with Crippen molar-refractivity contribution in [3.8, 4) is 0 Å². The molecule has 20 heavy (non-hydrogen) atoms. The summed E-state index contributed by atoms with van der Waals surface area (Å²) in [5.41, 5.74) is 1.13. The van der Waals surface area contributed by atoms with Crippen LogP contribution in [0.15, 0.2) is 39.3 Å². The van der Waals surface area contributed by atoms with Gasteiger partial charge in [-0.2, -0.15) is 0 Å². The number of hydrogen-bond acceptors (Lipinski definition) is 1. The fourth-order valence-corrected chi connectivity index (χ4v) is 2.24. The quantitative estimate of drug-likeness (QED) is 0.697. The number of amides is 1. The summed E-state index contributed by atoms with van der Waals surface area (Å²) >= 11 is 6.19. The Morgan fingerprint density at radius 2 is 1.75 bits per heavy atom. The van der Waals surface area contributed by atoms with Crippen molar-refractivity contribution in [2.45, 2.75) is 6.92 Å². The Labute approximate surface area is 131 Å². The van der Waals surface area contributed by atoms with Gasteiger partial charge in [0, 0.05) is 16.1 Å². The van der Waals surface area contributed by atoms with Crippen LogP contribution in [-0.2, 0) is 0 Å². The minimum absolute atomic E-state index is 0.00563. The van der Waals surface area contributed by atoms with Crippen molar-refractivity contribution >= 4 is 43.5 Å². The Balaban J connectivity index is 2.27. The van der Waals surface area contributed by atoms with Gasteiger partial charge in [-0.15, -0.1) is 0 Å². The summed E-state index contributed by atoms with van der Waals surface area (Å²) in [6.07, 6.45) is 0. The molecule has 0 saturated heterocycles. The zero-order valence-corrected chi connectivity index (χ0v) is 13.5. The van der Waals surface area contributed by atoms with Crippen LogP contribution in [0.25, 0.3) is 0 Å².